The number of anilines is 1. The largest absolute Gasteiger partial charge is 0.438 e. The van der Waals surface area contributed by atoms with Crippen LogP contribution in [0, 0.1) is 0 Å². The maximum absolute atomic E-state index is 11.7. The van der Waals surface area contributed by atoms with Gasteiger partial charge >= 0.3 is 5.97 Å². The van der Waals surface area contributed by atoms with Gasteiger partial charge in [-0.25, -0.2) is 4.79 Å². The second-order valence-electron chi connectivity index (χ2n) is 4.39. The van der Waals surface area contributed by atoms with Crippen LogP contribution < -0.4 is 4.90 Å². The van der Waals surface area contributed by atoms with Gasteiger partial charge in [0.05, 0.1) is 5.56 Å². The zero-order chi connectivity index (χ0) is 11.9. The summed E-state index contributed by atoms with van der Waals surface area (Å²) >= 11 is 0. The normalized spacial score (nSPS) is 18.6. The highest BCUT2D eigenvalue weighted by atomic mass is 16.6. The lowest BCUT2D eigenvalue weighted by Crippen LogP contribution is -2.19. The Morgan fingerprint density at radius 3 is 2.44 bits per heavy atom. The lowest BCUT2D eigenvalue weighted by molar-refractivity contribution is -0.00336. The van der Waals surface area contributed by atoms with Crippen LogP contribution in [0.3, 0.4) is 0 Å². The minimum atomic E-state index is -0.251. The summed E-state index contributed by atoms with van der Waals surface area (Å²) in [4.78, 5) is 15.5. The predicted octanol–water partition coefficient (Wildman–Crippen LogP) is 1.48. The van der Waals surface area contributed by atoms with Crippen molar-refractivity contribution >= 4 is 11.7 Å². The Bertz CT molecular complexity index is 427. The molecule has 2 rings (SSSR count). The molecule has 1 aliphatic rings. The van der Waals surface area contributed by atoms with E-state index in [0.29, 0.717) is 5.56 Å². The van der Waals surface area contributed by atoms with Crippen LogP contribution in [0.1, 0.15) is 22.1 Å². The molecule has 0 radical (unpaired) electrons. The highest BCUT2D eigenvalue weighted by Gasteiger charge is 2.32. The molecule has 1 aromatic carbocycles. The Morgan fingerprint density at radius 1 is 1.19 bits per heavy atom. The number of fused-ring (bicyclic) bond motifs is 1. The lowest BCUT2D eigenvalue weighted by atomic mass is 10.1. The summed E-state index contributed by atoms with van der Waals surface area (Å²) in [5.74, 6) is -0.239. The number of benzene rings is 1. The number of carbonyl (C=O) groups excluding carboxylic acids is 1. The van der Waals surface area contributed by atoms with Gasteiger partial charge in [0.15, 0.2) is 6.23 Å². The third-order valence-electron chi connectivity index (χ3n) is 2.73. The van der Waals surface area contributed by atoms with Crippen LogP contribution in [0.2, 0.25) is 0 Å². The maximum atomic E-state index is 11.7. The molecule has 0 amide bonds. The van der Waals surface area contributed by atoms with Crippen molar-refractivity contribution in [3.05, 3.63) is 29.3 Å². The molecule has 0 bridgehead atoms. The van der Waals surface area contributed by atoms with Gasteiger partial charge < -0.3 is 9.64 Å². The van der Waals surface area contributed by atoms with Crippen LogP contribution in [0.15, 0.2) is 18.2 Å². The molecule has 0 saturated carbocycles. The third kappa shape index (κ3) is 1.65. The average molecular weight is 220 g/mol. The number of nitrogens with zero attached hydrogens (tertiary/aromatic N) is 2. The Balaban J connectivity index is 2.45. The van der Waals surface area contributed by atoms with Crippen molar-refractivity contribution < 1.29 is 9.53 Å². The molecule has 1 aliphatic heterocycles. The molecule has 86 valence electrons. The van der Waals surface area contributed by atoms with E-state index in [9.17, 15) is 4.79 Å². The summed E-state index contributed by atoms with van der Waals surface area (Å²) in [6.07, 6.45) is -0.251. The summed E-state index contributed by atoms with van der Waals surface area (Å²) in [6, 6.07) is 5.83. The molecule has 0 fully saturated rings. The molecule has 0 saturated heterocycles. The molecule has 1 heterocycles. The van der Waals surface area contributed by atoms with E-state index in [2.05, 4.69) is 0 Å². The smallest absolute Gasteiger partial charge is 0.340 e. The first-order valence-corrected chi connectivity index (χ1v) is 5.19. The highest BCUT2D eigenvalue weighted by molar-refractivity contribution is 5.95. The quantitative estimate of drug-likeness (QED) is 0.707. The van der Waals surface area contributed by atoms with Gasteiger partial charge in [0.25, 0.3) is 0 Å². The second-order valence-corrected chi connectivity index (χ2v) is 4.39. The van der Waals surface area contributed by atoms with Crippen molar-refractivity contribution in [2.45, 2.75) is 6.23 Å². The van der Waals surface area contributed by atoms with Crippen LogP contribution in [0.4, 0.5) is 5.69 Å². The van der Waals surface area contributed by atoms with Gasteiger partial charge in [-0.2, -0.15) is 0 Å². The van der Waals surface area contributed by atoms with Crippen molar-refractivity contribution in [2.24, 2.45) is 0 Å². The molecule has 0 spiro atoms. The third-order valence-corrected chi connectivity index (χ3v) is 2.73. The monoisotopic (exact) mass is 220 g/mol. The van der Waals surface area contributed by atoms with Gasteiger partial charge in [-0.1, -0.05) is 6.07 Å². The summed E-state index contributed by atoms with van der Waals surface area (Å²) in [7, 11) is 7.69. The van der Waals surface area contributed by atoms with E-state index >= 15 is 0 Å². The number of ether oxygens (including phenoxy) is 1. The first-order chi connectivity index (χ1) is 7.50. The second kappa shape index (κ2) is 3.79. The molecular weight excluding hydrogens is 204 g/mol. The SMILES string of the molecule is CN(C)c1ccc2c(c1)C(=O)OC2N(C)C. The first kappa shape index (κ1) is 11.0. The molecule has 1 aromatic rings. The Kier molecular flexibility index (Phi) is 2.59. The van der Waals surface area contributed by atoms with Crippen LogP contribution in [0.25, 0.3) is 0 Å². The summed E-state index contributed by atoms with van der Waals surface area (Å²) < 4.78 is 5.30. The standard InChI is InChI=1S/C12H16N2O2/c1-13(2)8-5-6-9-10(7-8)12(15)16-11(9)14(3)4/h5-7,11H,1-4H3. The van der Waals surface area contributed by atoms with E-state index in [-0.39, 0.29) is 12.2 Å². The van der Waals surface area contributed by atoms with Gasteiger partial charge in [-0.3, -0.25) is 4.90 Å². The molecule has 1 unspecified atom stereocenters. The van der Waals surface area contributed by atoms with Crippen molar-refractivity contribution in [3.8, 4) is 0 Å². The Morgan fingerprint density at radius 2 is 1.88 bits per heavy atom. The fourth-order valence-electron chi connectivity index (χ4n) is 1.83. The predicted molar refractivity (Wildman–Crippen MR) is 62.6 cm³/mol. The van der Waals surface area contributed by atoms with Crippen molar-refractivity contribution in [2.75, 3.05) is 33.1 Å². The summed E-state index contributed by atoms with van der Waals surface area (Å²) in [6.45, 7) is 0. The number of esters is 1. The van der Waals surface area contributed by atoms with Gasteiger partial charge in [-0.05, 0) is 26.2 Å². The van der Waals surface area contributed by atoms with Gasteiger partial charge in [0.2, 0.25) is 0 Å². The molecule has 0 N–H and O–H groups in total. The van der Waals surface area contributed by atoms with Crippen LogP contribution in [-0.2, 0) is 4.74 Å². The van der Waals surface area contributed by atoms with E-state index < -0.39 is 0 Å². The van der Waals surface area contributed by atoms with Crippen LogP contribution in [0.5, 0.6) is 0 Å². The van der Waals surface area contributed by atoms with Gasteiger partial charge in [0.1, 0.15) is 0 Å². The van der Waals surface area contributed by atoms with E-state index in [4.69, 9.17) is 4.74 Å². The molecular formula is C12H16N2O2. The fourth-order valence-corrected chi connectivity index (χ4v) is 1.83. The highest BCUT2D eigenvalue weighted by Crippen LogP contribution is 2.33. The number of carbonyl (C=O) groups is 1. The molecule has 0 aromatic heterocycles. The Labute approximate surface area is 95.4 Å². The number of hydrogen-bond donors (Lipinski definition) is 0. The zero-order valence-electron chi connectivity index (χ0n) is 10.0. The maximum Gasteiger partial charge on any atom is 0.340 e. The van der Waals surface area contributed by atoms with Crippen molar-refractivity contribution in [1.82, 2.24) is 4.90 Å². The van der Waals surface area contributed by atoms with Gasteiger partial charge in [-0.15, -0.1) is 0 Å². The topological polar surface area (TPSA) is 32.8 Å². The van der Waals surface area contributed by atoms with E-state index in [0.717, 1.165) is 11.3 Å². The summed E-state index contributed by atoms with van der Waals surface area (Å²) in [5, 5.41) is 0. The molecule has 4 nitrogen and oxygen atoms in total. The molecule has 1 atom stereocenters. The average Bonchev–Trinajstić information content (AvgIpc) is 2.56. The Hall–Kier alpha value is -1.55. The van der Waals surface area contributed by atoms with Crippen LogP contribution in [-0.4, -0.2) is 39.1 Å². The van der Waals surface area contributed by atoms with E-state index in [1.54, 1.807) is 0 Å². The zero-order valence-corrected chi connectivity index (χ0v) is 10.0. The first-order valence-electron chi connectivity index (χ1n) is 5.19. The lowest BCUT2D eigenvalue weighted by Gasteiger charge is -2.18. The van der Waals surface area contributed by atoms with Crippen molar-refractivity contribution in [1.29, 1.82) is 0 Å². The fraction of sp³-hybridized carbons (Fsp3) is 0.417. The molecule has 16 heavy (non-hydrogen) atoms. The van der Waals surface area contributed by atoms with Crippen molar-refractivity contribution in [3.63, 3.8) is 0 Å². The molecule has 4 heteroatoms. The molecule has 0 aliphatic carbocycles. The minimum absolute atomic E-state index is 0.239. The summed E-state index contributed by atoms with van der Waals surface area (Å²) in [5.41, 5.74) is 2.63. The van der Waals surface area contributed by atoms with Gasteiger partial charge in [0, 0.05) is 25.3 Å². The van der Waals surface area contributed by atoms with Crippen LogP contribution >= 0.6 is 0 Å². The minimum Gasteiger partial charge on any atom is -0.438 e. The van der Waals surface area contributed by atoms with E-state index in [1.165, 1.54) is 0 Å². The number of cyclic esters (lactones) is 1. The number of hydrogen-bond acceptors (Lipinski definition) is 4. The number of rotatable bonds is 2. The van der Waals surface area contributed by atoms with E-state index in [1.807, 2.05) is 56.2 Å².